The number of fused-ring (bicyclic) bond motifs is 3. The zero-order chi connectivity index (χ0) is 27.2. The number of carbonyl (C=O) groups excluding carboxylic acids is 2. The molecule has 0 aliphatic heterocycles. The Balaban J connectivity index is 1.43. The first kappa shape index (κ1) is 26.9. The van der Waals surface area contributed by atoms with E-state index >= 15 is 0 Å². The molecule has 3 aromatic carbocycles. The van der Waals surface area contributed by atoms with Crippen LogP contribution in [0.1, 0.15) is 43.4 Å². The molecule has 2 N–H and O–H groups in total. The van der Waals surface area contributed by atoms with Gasteiger partial charge in [-0.3, -0.25) is 9.59 Å². The Hall–Kier alpha value is -4.13. The summed E-state index contributed by atoms with van der Waals surface area (Å²) in [4.78, 5) is 39.3. The topological polar surface area (TPSA) is 95.9 Å². The average Bonchev–Trinajstić information content (AvgIpc) is 3.21. The fourth-order valence-corrected chi connectivity index (χ4v) is 5.38. The Kier molecular flexibility index (Phi) is 8.46. The molecule has 198 valence electrons. The van der Waals surface area contributed by atoms with Crippen molar-refractivity contribution in [2.75, 3.05) is 13.2 Å². The van der Waals surface area contributed by atoms with Gasteiger partial charge in [0.25, 0.3) is 0 Å². The molecule has 0 saturated heterocycles. The molecule has 0 bridgehead atoms. The zero-order valence-corrected chi connectivity index (χ0v) is 22.0. The number of carboxylic acids is 1. The van der Waals surface area contributed by atoms with Gasteiger partial charge in [-0.05, 0) is 40.7 Å². The monoisotopic (exact) mass is 514 g/mol. The lowest BCUT2D eigenvalue weighted by molar-refractivity contribution is -0.148. The van der Waals surface area contributed by atoms with Crippen LogP contribution in [0.2, 0.25) is 0 Å². The molecule has 0 spiro atoms. The molecule has 2 atom stereocenters. The molecule has 38 heavy (non-hydrogen) atoms. The largest absolute Gasteiger partial charge is 0.480 e. The zero-order valence-electron chi connectivity index (χ0n) is 22.0. The number of hydrogen-bond donors (Lipinski definition) is 2. The van der Waals surface area contributed by atoms with Crippen LogP contribution in [0.3, 0.4) is 0 Å². The lowest BCUT2D eigenvalue weighted by Gasteiger charge is -2.32. The van der Waals surface area contributed by atoms with Crippen molar-refractivity contribution in [3.63, 3.8) is 0 Å². The number of carboxylic acid groups (broad SMARTS) is 1. The lowest BCUT2D eigenvalue weighted by atomic mass is 9.87. The van der Waals surface area contributed by atoms with Crippen molar-refractivity contribution in [3.8, 4) is 11.1 Å². The van der Waals surface area contributed by atoms with Gasteiger partial charge in [-0.2, -0.15) is 0 Å². The number of nitrogens with zero attached hydrogens (tertiary/aromatic N) is 1. The summed E-state index contributed by atoms with van der Waals surface area (Å²) in [6.07, 6.45) is -0.606. The van der Waals surface area contributed by atoms with Crippen molar-refractivity contribution < 1.29 is 24.2 Å². The molecule has 0 heterocycles. The Morgan fingerprint density at radius 2 is 1.42 bits per heavy atom. The summed E-state index contributed by atoms with van der Waals surface area (Å²) in [7, 11) is 0. The summed E-state index contributed by atoms with van der Waals surface area (Å²) in [5, 5.41) is 12.3. The molecule has 7 heteroatoms. The van der Waals surface area contributed by atoms with E-state index in [0.717, 1.165) is 27.8 Å². The third kappa shape index (κ3) is 6.05. The second-order valence-electron chi connectivity index (χ2n) is 10.1. The van der Waals surface area contributed by atoms with Crippen molar-refractivity contribution in [1.29, 1.82) is 0 Å². The highest BCUT2D eigenvalue weighted by Crippen LogP contribution is 2.44. The highest BCUT2D eigenvalue weighted by molar-refractivity contribution is 5.84. The lowest BCUT2D eigenvalue weighted by Crippen LogP contribution is -2.49. The van der Waals surface area contributed by atoms with Gasteiger partial charge >= 0.3 is 12.1 Å². The third-order valence-corrected chi connectivity index (χ3v) is 7.09. The van der Waals surface area contributed by atoms with Crippen molar-refractivity contribution in [2.45, 2.75) is 39.3 Å². The van der Waals surface area contributed by atoms with Crippen LogP contribution in [0.15, 0.2) is 78.9 Å². The minimum Gasteiger partial charge on any atom is -0.480 e. The number of carbonyl (C=O) groups is 3. The first-order valence-corrected chi connectivity index (χ1v) is 12.9. The molecule has 0 fully saturated rings. The Morgan fingerprint density at radius 1 is 0.868 bits per heavy atom. The van der Waals surface area contributed by atoms with Crippen LogP contribution in [0.5, 0.6) is 0 Å². The maximum Gasteiger partial charge on any atom is 0.407 e. The van der Waals surface area contributed by atoms with Gasteiger partial charge in [-0.1, -0.05) is 92.7 Å². The number of rotatable bonds is 10. The molecule has 2 amide bonds. The van der Waals surface area contributed by atoms with E-state index in [1.807, 2.05) is 68.4 Å². The Morgan fingerprint density at radius 3 is 1.97 bits per heavy atom. The fourth-order valence-electron chi connectivity index (χ4n) is 5.38. The van der Waals surface area contributed by atoms with Crippen LogP contribution in [0.25, 0.3) is 11.1 Å². The summed E-state index contributed by atoms with van der Waals surface area (Å²) in [5.74, 6) is -2.24. The normalized spacial score (nSPS) is 13.8. The van der Waals surface area contributed by atoms with Gasteiger partial charge in [-0.25, -0.2) is 4.79 Å². The summed E-state index contributed by atoms with van der Waals surface area (Å²) in [6, 6.07) is 24.9. The predicted octanol–water partition coefficient (Wildman–Crippen LogP) is 5.30. The summed E-state index contributed by atoms with van der Waals surface area (Å²) in [6.45, 7) is 5.46. The third-order valence-electron chi connectivity index (χ3n) is 7.09. The maximum absolute atomic E-state index is 13.6. The molecule has 1 aliphatic carbocycles. The Labute approximate surface area is 223 Å². The average molecular weight is 515 g/mol. The van der Waals surface area contributed by atoms with Crippen LogP contribution in [0.4, 0.5) is 4.79 Å². The van der Waals surface area contributed by atoms with Crippen LogP contribution < -0.4 is 5.32 Å². The van der Waals surface area contributed by atoms with Crippen molar-refractivity contribution in [1.82, 2.24) is 10.2 Å². The number of aliphatic carboxylic acids is 1. The number of benzene rings is 3. The molecule has 2 unspecified atom stereocenters. The van der Waals surface area contributed by atoms with Gasteiger partial charge in [0.15, 0.2) is 0 Å². The van der Waals surface area contributed by atoms with E-state index in [9.17, 15) is 19.5 Å². The summed E-state index contributed by atoms with van der Waals surface area (Å²) < 4.78 is 5.67. The number of alkyl carbamates (subject to hydrolysis) is 1. The molecule has 0 saturated carbocycles. The van der Waals surface area contributed by atoms with Gasteiger partial charge in [0.05, 0.1) is 5.92 Å². The van der Waals surface area contributed by atoms with E-state index in [-0.39, 0.29) is 30.9 Å². The molecule has 0 radical (unpaired) electrons. The first-order valence-electron chi connectivity index (χ1n) is 12.9. The number of nitrogens with one attached hydrogen (secondary N) is 1. The summed E-state index contributed by atoms with van der Waals surface area (Å²) in [5.41, 5.74) is 5.37. The van der Waals surface area contributed by atoms with E-state index in [1.165, 1.54) is 4.90 Å². The molecular weight excluding hydrogens is 480 g/mol. The van der Waals surface area contributed by atoms with E-state index in [2.05, 4.69) is 29.6 Å². The predicted molar refractivity (Wildman–Crippen MR) is 145 cm³/mol. The molecule has 4 rings (SSSR count). The summed E-state index contributed by atoms with van der Waals surface area (Å²) >= 11 is 0. The first-order chi connectivity index (χ1) is 18.3. The quantitative estimate of drug-likeness (QED) is 0.383. The van der Waals surface area contributed by atoms with Gasteiger partial charge in [0, 0.05) is 18.5 Å². The molecule has 0 aromatic heterocycles. The second kappa shape index (κ2) is 11.9. The van der Waals surface area contributed by atoms with Gasteiger partial charge < -0.3 is 20.1 Å². The molecular formula is C31H34N2O5. The number of hydrogen-bond acceptors (Lipinski definition) is 4. The highest BCUT2D eigenvalue weighted by atomic mass is 16.5. The van der Waals surface area contributed by atoms with Crippen LogP contribution in [0, 0.1) is 11.8 Å². The fraction of sp³-hybridized carbons (Fsp3) is 0.323. The van der Waals surface area contributed by atoms with Crippen molar-refractivity contribution in [3.05, 3.63) is 95.6 Å². The van der Waals surface area contributed by atoms with Gasteiger partial charge in [0.2, 0.25) is 5.91 Å². The van der Waals surface area contributed by atoms with E-state index < -0.39 is 30.6 Å². The molecule has 7 nitrogen and oxygen atoms in total. The van der Waals surface area contributed by atoms with E-state index in [0.29, 0.717) is 0 Å². The SMILES string of the molecule is CC(C)C(C(=O)N(CC(=O)O)Cc1ccccc1)C(C)NC(=O)OCC1c2ccccc2-c2ccccc21. The van der Waals surface area contributed by atoms with Gasteiger partial charge in [0.1, 0.15) is 13.2 Å². The van der Waals surface area contributed by atoms with E-state index in [1.54, 1.807) is 6.92 Å². The highest BCUT2D eigenvalue weighted by Gasteiger charge is 2.34. The molecule has 3 aromatic rings. The Bertz CT molecular complexity index is 1240. The standard InChI is InChI=1S/C31H34N2O5/c1-20(2)29(30(36)33(18-28(34)35)17-22-11-5-4-6-12-22)21(3)32-31(37)38-19-27-25-15-9-7-13-23(25)24-14-8-10-16-26(24)27/h4-16,20-21,27,29H,17-19H2,1-3H3,(H,32,37)(H,34,35). The molecule has 1 aliphatic rings. The number of amides is 2. The minimum absolute atomic E-state index is 0.0667. The number of ether oxygens (including phenoxy) is 1. The van der Waals surface area contributed by atoms with Crippen LogP contribution in [-0.4, -0.2) is 47.2 Å². The second-order valence-corrected chi connectivity index (χ2v) is 10.1. The maximum atomic E-state index is 13.6. The minimum atomic E-state index is -1.09. The van der Waals surface area contributed by atoms with Gasteiger partial charge in [-0.15, -0.1) is 0 Å². The van der Waals surface area contributed by atoms with Crippen molar-refractivity contribution in [2.24, 2.45) is 11.8 Å². The van der Waals surface area contributed by atoms with Crippen molar-refractivity contribution >= 4 is 18.0 Å². The smallest absolute Gasteiger partial charge is 0.407 e. The van der Waals surface area contributed by atoms with E-state index in [4.69, 9.17) is 4.74 Å². The van der Waals surface area contributed by atoms with Crippen LogP contribution >= 0.6 is 0 Å². The van der Waals surface area contributed by atoms with Crippen LogP contribution in [-0.2, 0) is 20.9 Å².